The standard InChI is InChI=1S/C14H15FN4O4S/c1-8(22-10-6-4-3-5-9(10)15)12-18-19-14(23-12)24-7-11(20)17-13(21)16-2/h3-6,8H,7H2,1-2H3,(H2,16,17,20,21)/t8-/m0/s1. The summed E-state index contributed by atoms with van der Waals surface area (Å²) in [7, 11) is 1.40. The lowest BCUT2D eigenvalue weighted by molar-refractivity contribution is -0.117. The van der Waals surface area contributed by atoms with Gasteiger partial charge < -0.3 is 14.5 Å². The van der Waals surface area contributed by atoms with E-state index in [1.54, 1.807) is 19.1 Å². The third-order valence-electron chi connectivity index (χ3n) is 2.72. The molecule has 0 fully saturated rings. The SMILES string of the molecule is CNC(=O)NC(=O)CSc1nnc([C@H](C)Oc2ccccc2F)o1. The van der Waals surface area contributed by atoms with Crippen LogP contribution in [0.5, 0.6) is 5.75 Å². The van der Waals surface area contributed by atoms with Crippen LogP contribution in [0, 0.1) is 5.82 Å². The van der Waals surface area contributed by atoms with Gasteiger partial charge in [-0.25, -0.2) is 9.18 Å². The van der Waals surface area contributed by atoms with Crippen LogP contribution in [0.2, 0.25) is 0 Å². The van der Waals surface area contributed by atoms with Crippen LogP contribution >= 0.6 is 11.8 Å². The maximum Gasteiger partial charge on any atom is 0.321 e. The Bertz CT molecular complexity index is 724. The summed E-state index contributed by atoms with van der Waals surface area (Å²) in [6.07, 6.45) is -0.663. The number of carbonyl (C=O) groups excluding carboxylic acids is 2. The number of ether oxygens (including phenoxy) is 1. The molecule has 24 heavy (non-hydrogen) atoms. The molecule has 0 radical (unpaired) electrons. The third-order valence-corrected chi connectivity index (χ3v) is 3.54. The summed E-state index contributed by atoms with van der Waals surface area (Å²) in [5, 5.41) is 12.1. The molecule has 0 aliphatic heterocycles. The van der Waals surface area contributed by atoms with Gasteiger partial charge in [0.2, 0.25) is 5.91 Å². The van der Waals surface area contributed by atoms with Gasteiger partial charge >= 0.3 is 6.03 Å². The van der Waals surface area contributed by atoms with Gasteiger partial charge in [-0.2, -0.15) is 0 Å². The van der Waals surface area contributed by atoms with Crippen LogP contribution in [0.4, 0.5) is 9.18 Å². The molecule has 10 heteroatoms. The van der Waals surface area contributed by atoms with Crippen LogP contribution in [0.3, 0.4) is 0 Å². The van der Waals surface area contributed by atoms with E-state index in [0.29, 0.717) is 0 Å². The average Bonchev–Trinajstić information content (AvgIpc) is 3.04. The van der Waals surface area contributed by atoms with Crippen LogP contribution in [0.1, 0.15) is 18.9 Å². The minimum atomic E-state index is -0.663. The number of para-hydroxylation sites is 1. The zero-order valence-electron chi connectivity index (χ0n) is 12.9. The number of benzene rings is 1. The average molecular weight is 354 g/mol. The summed E-state index contributed by atoms with van der Waals surface area (Å²) >= 11 is 0.967. The Morgan fingerprint density at radius 1 is 1.38 bits per heavy atom. The van der Waals surface area contributed by atoms with Gasteiger partial charge in [-0.15, -0.1) is 10.2 Å². The van der Waals surface area contributed by atoms with Gasteiger partial charge in [0, 0.05) is 7.05 Å². The number of nitrogens with one attached hydrogen (secondary N) is 2. The molecule has 2 aromatic rings. The number of amides is 3. The molecule has 0 aliphatic carbocycles. The molecule has 2 rings (SSSR count). The number of urea groups is 1. The van der Waals surface area contributed by atoms with Gasteiger partial charge in [-0.1, -0.05) is 23.9 Å². The van der Waals surface area contributed by atoms with Crippen LogP contribution in [-0.2, 0) is 4.79 Å². The normalized spacial score (nSPS) is 11.6. The minimum Gasteiger partial charge on any atom is -0.478 e. The molecule has 1 aromatic carbocycles. The van der Waals surface area contributed by atoms with Gasteiger partial charge in [0.1, 0.15) is 0 Å². The lowest BCUT2D eigenvalue weighted by atomic mass is 10.3. The molecular formula is C14H15FN4O4S. The number of halogens is 1. The molecule has 128 valence electrons. The summed E-state index contributed by atoms with van der Waals surface area (Å²) in [4.78, 5) is 22.4. The Hall–Kier alpha value is -2.62. The molecule has 0 saturated heterocycles. The van der Waals surface area contributed by atoms with E-state index in [4.69, 9.17) is 9.15 Å². The topological polar surface area (TPSA) is 106 Å². The highest BCUT2D eigenvalue weighted by atomic mass is 32.2. The van der Waals surface area contributed by atoms with Crippen molar-refractivity contribution in [2.24, 2.45) is 0 Å². The van der Waals surface area contributed by atoms with E-state index in [9.17, 15) is 14.0 Å². The fourth-order valence-electron chi connectivity index (χ4n) is 1.58. The van der Waals surface area contributed by atoms with Gasteiger partial charge in [0.05, 0.1) is 5.75 Å². The Morgan fingerprint density at radius 2 is 2.12 bits per heavy atom. The fraction of sp³-hybridized carbons (Fsp3) is 0.286. The van der Waals surface area contributed by atoms with Crippen molar-refractivity contribution in [2.45, 2.75) is 18.3 Å². The Labute approximate surface area is 141 Å². The molecule has 1 heterocycles. The highest BCUT2D eigenvalue weighted by molar-refractivity contribution is 7.99. The summed E-state index contributed by atoms with van der Waals surface area (Å²) in [6, 6.07) is 5.37. The Kier molecular flexibility index (Phi) is 6.13. The van der Waals surface area contributed by atoms with Gasteiger partial charge in [-0.3, -0.25) is 10.1 Å². The maximum absolute atomic E-state index is 13.5. The molecule has 0 bridgehead atoms. The van der Waals surface area contributed by atoms with Crippen molar-refractivity contribution in [1.82, 2.24) is 20.8 Å². The van der Waals surface area contributed by atoms with Crippen LogP contribution in [0.15, 0.2) is 33.9 Å². The molecule has 0 aliphatic rings. The number of imide groups is 1. The number of hydrogen-bond donors (Lipinski definition) is 2. The monoisotopic (exact) mass is 354 g/mol. The van der Waals surface area contributed by atoms with E-state index in [2.05, 4.69) is 20.8 Å². The highest BCUT2D eigenvalue weighted by Crippen LogP contribution is 2.25. The molecule has 2 N–H and O–H groups in total. The van der Waals surface area contributed by atoms with Crippen LogP contribution in [-0.4, -0.2) is 34.9 Å². The second kappa shape index (κ2) is 8.29. The molecule has 0 saturated carbocycles. The van der Waals surface area contributed by atoms with Crippen molar-refractivity contribution in [2.75, 3.05) is 12.8 Å². The third kappa shape index (κ3) is 4.95. The zero-order valence-corrected chi connectivity index (χ0v) is 13.7. The molecule has 3 amide bonds. The number of carbonyl (C=O) groups is 2. The summed E-state index contributed by atoms with van der Waals surface area (Å²) in [6.45, 7) is 1.63. The van der Waals surface area contributed by atoms with Crippen molar-refractivity contribution >= 4 is 23.7 Å². The van der Waals surface area contributed by atoms with E-state index >= 15 is 0 Å². The molecule has 0 unspecified atom stereocenters. The summed E-state index contributed by atoms with van der Waals surface area (Å²) < 4.78 is 24.3. The number of rotatable bonds is 6. The lowest BCUT2D eigenvalue weighted by Gasteiger charge is -2.11. The second-order valence-electron chi connectivity index (χ2n) is 4.51. The van der Waals surface area contributed by atoms with Gasteiger partial charge in [0.25, 0.3) is 11.1 Å². The first-order valence-electron chi connectivity index (χ1n) is 6.88. The summed E-state index contributed by atoms with van der Waals surface area (Å²) in [5.74, 6) is -0.855. The highest BCUT2D eigenvalue weighted by Gasteiger charge is 2.18. The first-order chi connectivity index (χ1) is 11.5. The van der Waals surface area contributed by atoms with Crippen molar-refractivity contribution in [3.63, 3.8) is 0 Å². The number of thioether (sulfide) groups is 1. The van der Waals surface area contributed by atoms with Crippen molar-refractivity contribution in [3.05, 3.63) is 36.0 Å². The van der Waals surface area contributed by atoms with Crippen molar-refractivity contribution in [1.29, 1.82) is 0 Å². The quantitative estimate of drug-likeness (QED) is 0.763. The maximum atomic E-state index is 13.5. The predicted octanol–water partition coefficient (Wildman–Crippen LogP) is 1.90. The Morgan fingerprint density at radius 3 is 2.83 bits per heavy atom. The van der Waals surface area contributed by atoms with E-state index in [-0.39, 0.29) is 22.6 Å². The van der Waals surface area contributed by atoms with E-state index in [1.165, 1.54) is 19.2 Å². The molecule has 0 spiro atoms. The lowest BCUT2D eigenvalue weighted by Crippen LogP contribution is -2.38. The molecular weight excluding hydrogens is 339 g/mol. The minimum absolute atomic E-state index is 0.0716. The summed E-state index contributed by atoms with van der Waals surface area (Å²) in [5.41, 5.74) is 0. The van der Waals surface area contributed by atoms with Gasteiger partial charge in [-0.05, 0) is 19.1 Å². The van der Waals surface area contributed by atoms with E-state index in [0.717, 1.165) is 11.8 Å². The van der Waals surface area contributed by atoms with E-state index in [1.807, 2.05) is 0 Å². The zero-order chi connectivity index (χ0) is 17.5. The Balaban J connectivity index is 1.89. The predicted molar refractivity (Wildman–Crippen MR) is 83.1 cm³/mol. The fourth-order valence-corrected chi connectivity index (χ4v) is 2.15. The molecule has 1 atom stereocenters. The van der Waals surface area contributed by atoms with Crippen LogP contribution < -0.4 is 15.4 Å². The number of nitrogens with zero attached hydrogens (tertiary/aromatic N) is 2. The number of aromatic nitrogens is 2. The van der Waals surface area contributed by atoms with Crippen LogP contribution in [0.25, 0.3) is 0 Å². The largest absolute Gasteiger partial charge is 0.478 e. The first kappa shape index (κ1) is 17.7. The van der Waals surface area contributed by atoms with E-state index < -0.39 is 23.9 Å². The number of hydrogen-bond acceptors (Lipinski definition) is 7. The molecule has 8 nitrogen and oxygen atoms in total. The molecule has 1 aromatic heterocycles. The van der Waals surface area contributed by atoms with Crippen molar-refractivity contribution in [3.8, 4) is 5.75 Å². The van der Waals surface area contributed by atoms with Crippen molar-refractivity contribution < 1.29 is 23.1 Å². The first-order valence-corrected chi connectivity index (χ1v) is 7.87. The smallest absolute Gasteiger partial charge is 0.321 e. The van der Waals surface area contributed by atoms with Gasteiger partial charge in [0.15, 0.2) is 17.7 Å². The second-order valence-corrected chi connectivity index (χ2v) is 5.44.